The Labute approximate surface area is 137 Å². The van der Waals surface area contributed by atoms with Crippen LogP contribution >= 0.6 is 11.3 Å². The molecule has 1 amide bonds. The van der Waals surface area contributed by atoms with Gasteiger partial charge in [-0.25, -0.2) is 0 Å². The highest BCUT2D eigenvalue weighted by molar-refractivity contribution is 7.13. The molecule has 2 aromatic rings. The summed E-state index contributed by atoms with van der Waals surface area (Å²) in [7, 11) is 1.72. The van der Waals surface area contributed by atoms with Crippen molar-refractivity contribution in [2.45, 2.75) is 12.5 Å². The minimum Gasteiger partial charge on any atom is -0.481 e. The molecule has 0 saturated carbocycles. The van der Waals surface area contributed by atoms with Crippen molar-refractivity contribution in [2.24, 2.45) is 7.05 Å². The Morgan fingerprint density at radius 2 is 2.35 bits per heavy atom. The van der Waals surface area contributed by atoms with Crippen molar-refractivity contribution < 1.29 is 19.4 Å². The average molecular weight is 335 g/mol. The van der Waals surface area contributed by atoms with Gasteiger partial charge in [0.2, 0.25) is 0 Å². The number of aliphatic carboxylic acids is 1. The van der Waals surface area contributed by atoms with E-state index in [1.165, 1.54) is 0 Å². The number of rotatable bonds is 4. The van der Waals surface area contributed by atoms with E-state index in [1.54, 1.807) is 34.0 Å². The second-order valence-electron chi connectivity index (χ2n) is 5.34. The van der Waals surface area contributed by atoms with E-state index < -0.39 is 12.0 Å². The zero-order valence-corrected chi connectivity index (χ0v) is 13.5. The topological polar surface area (TPSA) is 84.7 Å². The minimum absolute atomic E-state index is 0.124. The first-order valence-corrected chi connectivity index (χ1v) is 8.12. The summed E-state index contributed by atoms with van der Waals surface area (Å²) >= 11 is 1.56. The highest BCUT2D eigenvalue weighted by atomic mass is 32.1. The summed E-state index contributed by atoms with van der Waals surface area (Å²) in [4.78, 5) is 26.4. The zero-order chi connectivity index (χ0) is 16.4. The van der Waals surface area contributed by atoms with Gasteiger partial charge in [0.05, 0.1) is 30.6 Å². The fourth-order valence-electron chi connectivity index (χ4n) is 2.65. The number of hydrogen-bond donors (Lipinski definition) is 1. The molecule has 1 N–H and O–H groups in total. The minimum atomic E-state index is -0.942. The Balaban J connectivity index is 1.85. The van der Waals surface area contributed by atoms with Gasteiger partial charge in [-0.05, 0) is 17.5 Å². The van der Waals surface area contributed by atoms with Crippen LogP contribution in [0.2, 0.25) is 0 Å². The molecule has 1 aliphatic heterocycles. The van der Waals surface area contributed by atoms with Crippen molar-refractivity contribution in [1.82, 2.24) is 14.7 Å². The number of ether oxygens (including phenoxy) is 1. The van der Waals surface area contributed by atoms with E-state index in [1.807, 2.05) is 17.5 Å². The molecule has 122 valence electrons. The van der Waals surface area contributed by atoms with Gasteiger partial charge in [0.25, 0.3) is 5.91 Å². The number of morpholine rings is 1. The van der Waals surface area contributed by atoms with Crippen molar-refractivity contribution in [3.63, 3.8) is 0 Å². The molecule has 1 aliphatic rings. The smallest absolute Gasteiger partial charge is 0.305 e. The number of carboxylic acid groups (broad SMARTS) is 1. The van der Waals surface area contributed by atoms with Crippen LogP contribution in [0.1, 0.15) is 16.9 Å². The van der Waals surface area contributed by atoms with Gasteiger partial charge in [-0.1, -0.05) is 6.07 Å². The fraction of sp³-hybridized carbons (Fsp3) is 0.400. The largest absolute Gasteiger partial charge is 0.481 e. The van der Waals surface area contributed by atoms with Crippen molar-refractivity contribution in [1.29, 1.82) is 0 Å². The second kappa shape index (κ2) is 6.51. The quantitative estimate of drug-likeness (QED) is 0.914. The van der Waals surface area contributed by atoms with Crippen molar-refractivity contribution in [3.05, 3.63) is 29.3 Å². The van der Waals surface area contributed by atoms with Gasteiger partial charge in [-0.2, -0.15) is 5.10 Å². The third kappa shape index (κ3) is 3.27. The highest BCUT2D eigenvalue weighted by Crippen LogP contribution is 2.25. The molecule has 0 radical (unpaired) electrons. The van der Waals surface area contributed by atoms with Crippen LogP contribution < -0.4 is 0 Å². The molecule has 0 aliphatic carbocycles. The summed E-state index contributed by atoms with van der Waals surface area (Å²) in [6, 6.07) is 5.18. The molecular weight excluding hydrogens is 318 g/mol. The van der Waals surface area contributed by atoms with Crippen LogP contribution in [0.3, 0.4) is 0 Å². The van der Waals surface area contributed by atoms with Crippen LogP contribution in [0.15, 0.2) is 23.6 Å². The third-order valence-corrected chi connectivity index (χ3v) is 4.66. The molecule has 3 rings (SSSR count). The van der Waals surface area contributed by atoms with Gasteiger partial charge in [0.1, 0.15) is 11.4 Å². The molecule has 0 bridgehead atoms. The standard InChI is InChI=1S/C15H17N3O4S/c1-17-12(8-11(16-17)13-3-2-6-23-13)15(21)18-4-5-22-9-10(18)7-14(19)20/h2-3,6,8,10H,4-5,7,9H2,1H3,(H,19,20)/t10-/m1/s1. The molecule has 23 heavy (non-hydrogen) atoms. The van der Waals surface area contributed by atoms with Crippen molar-refractivity contribution >= 4 is 23.2 Å². The second-order valence-corrected chi connectivity index (χ2v) is 6.29. The van der Waals surface area contributed by atoms with Crippen LogP contribution in [0.4, 0.5) is 0 Å². The summed E-state index contributed by atoms with van der Waals surface area (Å²) in [5.74, 6) is -1.15. The predicted octanol–water partition coefficient (Wildman–Crippen LogP) is 1.46. The molecule has 0 aromatic carbocycles. The molecule has 1 fully saturated rings. The number of aromatic nitrogens is 2. The Morgan fingerprint density at radius 3 is 3.04 bits per heavy atom. The fourth-order valence-corrected chi connectivity index (χ4v) is 3.33. The van der Waals surface area contributed by atoms with Crippen LogP contribution in [0, 0.1) is 0 Å². The Kier molecular flexibility index (Phi) is 4.44. The molecule has 3 heterocycles. The first-order valence-electron chi connectivity index (χ1n) is 7.24. The van der Waals surface area contributed by atoms with Crippen LogP contribution in [-0.4, -0.2) is 57.5 Å². The van der Waals surface area contributed by atoms with E-state index in [2.05, 4.69) is 5.10 Å². The number of hydrogen-bond acceptors (Lipinski definition) is 5. The molecule has 0 unspecified atom stereocenters. The number of nitrogens with zero attached hydrogens (tertiary/aromatic N) is 3. The number of amides is 1. The molecule has 0 spiro atoms. The molecule has 1 saturated heterocycles. The van der Waals surface area contributed by atoms with Gasteiger partial charge in [0, 0.05) is 13.6 Å². The average Bonchev–Trinajstić information content (AvgIpc) is 3.15. The van der Waals surface area contributed by atoms with Crippen molar-refractivity contribution in [3.8, 4) is 10.6 Å². The Morgan fingerprint density at radius 1 is 1.52 bits per heavy atom. The number of carbonyl (C=O) groups excluding carboxylic acids is 1. The first-order chi connectivity index (χ1) is 11.1. The molecular formula is C15H17N3O4S. The summed E-state index contributed by atoms with van der Waals surface area (Å²) in [6.45, 7) is 1.04. The molecule has 8 heteroatoms. The van der Waals surface area contributed by atoms with E-state index in [0.29, 0.717) is 18.8 Å². The van der Waals surface area contributed by atoms with Gasteiger partial charge >= 0.3 is 5.97 Å². The zero-order valence-electron chi connectivity index (χ0n) is 12.6. The van der Waals surface area contributed by atoms with Crippen LogP contribution in [0.5, 0.6) is 0 Å². The first kappa shape index (κ1) is 15.7. The van der Waals surface area contributed by atoms with E-state index in [-0.39, 0.29) is 18.9 Å². The number of aryl methyl sites for hydroxylation is 1. The highest BCUT2D eigenvalue weighted by Gasteiger charge is 2.31. The maximum Gasteiger partial charge on any atom is 0.305 e. The lowest BCUT2D eigenvalue weighted by Crippen LogP contribution is -2.50. The monoisotopic (exact) mass is 335 g/mol. The lowest BCUT2D eigenvalue weighted by atomic mass is 10.1. The Hall–Kier alpha value is -2.19. The molecule has 1 atom stereocenters. The van der Waals surface area contributed by atoms with Gasteiger partial charge < -0.3 is 14.7 Å². The van der Waals surface area contributed by atoms with E-state index in [4.69, 9.17) is 9.84 Å². The number of thiophene rings is 1. The summed E-state index contributed by atoms with van der Waals surface area (Å²) < 4.78 is 6.86. The third-order valence-electron chi connectivity index (χ3n) is 3.77. The Bertz CT molecular complexity index is 710. The summed E-state index contributed by atoms with van der Waals surface area (Å²) in [6.07, 6.45) is -0.124. The summed E-state index contributed by atoms with van der Waals surface area (Å²) in [5.41, 5.74) is 1.19. The van der Waals surface area contributed by atoms with Gasteiger partial charge in [-0.15, -0.1) is 11.3 Å². The van der Waals surface area contributed by atoms with Crippen molar-refractivity contribution in [2.75, 3.05) is 19.8 Å². The summed E-state index contributed by atoms with van der Waals surface area (Å²) in [5, 5.41) is 15.4. The maximum absolute atomic E-state index is 12.8. The maximum atomic E-state index is 12.8. The SMILES string of the molecule is Cn1nc(-c2cccs2)cc1C(=O)N1CCOC[C@H]1CC(=O)O. The normalized spacial score (nSPS) is 18.1. The predicted molar refractivity (Wildman–Crippen MR) is 84.4 cm³/mol. The van der Waals surface area contributed by atoms with E-state index in [0.717, 1.165) is 10.6 Å². The number of carboxylic acids is 1. The van der Waals surface area contributed by atoms with Crippen LogP contribution in [0.25, 0.3) is 10.6 Å². The molecule has 2 aromatic heterocycles. The molecule has 7 nitrogen and oxygen atoms in total. The van der Waals surface area contributed by atoms with E-state index in [9.17, 15) is 9.59 Å². The number of carbonyl (C=O) groups is 2. The van der Waals surface area contributed by atoms with Crippen LogP contribution in [-0.2, 0) is 16.6 Å². The lowest BCUT2D eigenvalue weighted by Gasteiger charge is -2.34. The lowest BCUT2D eigenvalue weighted by molar-refractivity contribution is -0.139. The van der Waals surface area contributed by atoms with Gasteiger partial charge in [0.15, 0.2) is 0 Å². The van der Waals surface area contributed by atoms with Gasteiger partial charge in [-0.3, -0.25) is 14.3 Å². The van der Waals surface area contributed by atoms with E-state index >= 15 is 0 Å².